The van der Waals surface area contributed by atoms with Gasteiger partial charge in [0.2, 0.25) is 0 Å². The topological polar surface area (TPSA) is 73.2 Å². The first kappa shape index (κ1) is 13.7. The first-order valence-electron chi connectivity index (χ1n) is 5.27. The molecule has 0 saturated heterocycles. The SMILES string of the molecule is COc1cc(NS(=O)(=O)c2cnn(C)c2)ccc1Cl. The van der Waals surface area contributed by atoms with Crippen molar-refractivity contribution in [3.05, 3.63) is 35.6 Å². The van der Waals surface area contributed by atoms with Crippen LogP contribution in [0.2, 0.25) is 5.02 Å². The van der Waals surface area contributed by atoms with E-state index in [2.05, 4.69) is 9.82 Å². The standard InChI is InChI=1S/C11H12ClN3O3S/c1-15-7-9(6-13-15)19(16,17)14-8-3-4-10(12)11(5-8)18-2/h3-7,14H,1-2H3. The molecule has 19 heavy (non-hydrogen) atoms. The number of nitrogens with one attached hydrogen (secondary N) is 1. The van der Waals surface area contributed by atoms with E-state index in [1.165, 1.54) is 30.3 Å². The van der Waals surface area contributed by atoms with E-state index in [0.717, 1.165) is 0 Å². The molecule has 1 aromatic heterocycles. The molecule has 1 heterocycles. The molecule has 0 aliphatic heterocycles. The lowest BCUT2D eigenvalue weighted by Gasteiger charge is -2.08. The third-order valence-electron chi connectivity index (χ3n) is 2.39. The zero-order chi connectivity index (χ0) is 14.0. The van der Waals surface area contributed by atoms with Gasteiger partial charge in [0.1, 0.15) is 10.6 Å². The highest BCUT2D eigenvalue weighted by Crippen LogP contribution is 2.28. The molecule has 0 spiro atoms. The zero-order valence-electron chi connectivity index (χ0n) is 10.3. The maximum atomic E-state index is 12.1. The summed E-state index contributed by atoms with van der Waals surface area (Å²) in [5.74, 6) is 0.396. The van der Waals surface area contributed by atoms with Crippen molar-refractivity contribution in [2.24, 2.45) is 7.05 Å². The van der Waals surface area contributed by atoms with Gasteiger partial charge < -0.3 is 4.74 Å². The lowest BCUT2D eigenvalue weighted by molar-refractivity contribution is 0.415. The largest absolute Gasteiger partial charge is 0.495 e. The van der Waals surface area contributed by atoms with E-state index in [1.54, 1.807) is 19.2 Å². The third-order valence-corrected chi connectivity index (χ3v) is 4.04. The van der Waals surface area contributed by atoms with Gasteiger partial charge in [-0.1, -0.05) is 11.6 Å². The Bertz CT molecular complexity index is 697. The van der Waals surface area contributed by atoms with Crippen molar-refractivity contribution in [3.63, 3.8) is 0 Å². The van der Waals surface area contributed by atoms with Crippen molar-refractivity contribution < 1.29 is 13.2 Å². The number of sulfonamides is 1. The minimum atomic E-state index is -3.66. The number of hydrogen-bond acceptors (Lipinski definition) is 4. The van der Waals surface area contributed by atoms with Crippen molar-refractivity contribution in [2.45, 2.75) is 4.90 Å². The molecular weight excluding hydrogens is 290 g/mol. The van der Waals surface area contributed by atoms with Gasteiger partial charge in [0.15, 0.2) is 0 Å². The Morgan fingerprint density at radius 2 is 2.16 bits per heavy atom. The molecule has 2 aromatic rings. The second-order valence-electron chi connectivity index (χ2n) is 3.80. The third kappa shape index (κ3) is 2.99. The molecule has 0 unspecified atom stereocenters. The Hall–Kier alpha value is -1.73. The number of rotatable bonds is 4. The van der Waals surface area contributed by atoms with Crippen LogP contribution in [0.15, 0.2) is 35.5 Å². The average molecular weight is 302 g/mol. The van der Waals surface area contributed by atoms with Crippen LogP contribution in [0.4, 0.5) is 5.69 Å². The summed E-state index contributed by atoms with van der Waals surface area (Å²) in [6.07, 6.45) is 2.69. The first-order valence-corrected chi connectivity index (χ1v) is 7.13. The van der Waals surface area contributed by atoms with E-state index in [0.29, 0.717) is 16.5 Å². The van der Waals surface area contributed by atoms with Gasteiger partial charge in [-0.3, -0.25) is 9.40 Å². The van der Waals surface area contributed by atoms with Gasteiger partial charge >= 0.3 is 0 Å². The number of methoxy groups -OCH3 is 1. The minimum absolute atomic E-state index is 0.0870. The molecule has 0 saturated carbocycles. The van der Waals surface area contributed by atoms with Crippen molar-refractivity contribution in [2.75, 3.05) is 11.8 Å². The van der Waals surface area contributed by atoms with Crippen LogP contribution in [0.25, 0.3) is 0 Å². The Balaban J connectivity index is 2.30. The fourth-order valence-electron chi connectivity index (χ4n) is 1.47. The van der Waals surface area contributed by atoms with Crippen molar-refractivity contribution in [1.29, 1.82) is 0 Å². The summed E-state index contributed by atoms with van der Waals surface area (Å²) < 4.78 is 33.0. The fraction of sp³-hybridized carbons (Fsp3) is 0.182. The number of benzene rings is 1. The van der Waals surface area contributed by atoms with Crippen LogP contribution < -0.4 is 9.46 Å². The van der Waals surface area contributed by atoms with E-state index in [4.69, 9.17) is 16.3 Å². The molecule has 0 aliphatic rings. The lowest BCUT2D eigenvalue weighted by Crippen LogP contribution is -2.12. The number of hydrogen-bond donors (Lipinski definition) is 1. The second-order valence-corrected chi connectivity index (χ2v) is 5.89. The van der Waals surface area contributed by atoms with E-state index < -0.39 is 10.0 Å². The van der Waals surface area contributed by atoms with E-state index in [1.807, 2.05) is 0 Å². The number of ether oxygens (including phenoxy) is 1. The molecule has 8 heteroatoms. The maximum Gasteiger partial charge on any atom is 0.265 e. The Morgan fingerprint density at radius 1 is 1.42 bits per heavy atom. The molecule has 6 nitrogen and oxygen atoms in total. The normalized spacial score (nSPS) is 11.3. The van der Waals surface area contributed by atoms with Crippen molar-refractivity contribution in [1.82, 2.24) is 9.78 Å². The number of aromatic nitrogens is 2. The highest BCUT2D eigenvalue weighted by atomic mass is 35.5. The Labute approximate surface area is 116 Å². The van der Waals surface area contributed by atoms with Crippen LogP contribution in [0.3, 0.4) is 0 Å². The van der Waals surface area contributed by atoms with Gasteiger partial charge in [0.25, 0.3) is 10.0 Å². The number of nitrogens with zero attached hydrogens (tertiary/aromatic N) is 2. The van der Waals surface area contributed by atoms with Crippen LogP contribution in [0.5, 0.6) is 5.75 Å². The molecular formula is C11H12ClN3O3S. The number of halogens is 1. The van der Waals surface area contributed by atoms with Gasteiger partial charge in [0, 0.05) is 19.3 Å². The highest BCUT2D eigenvalue weighted by molar-refractivity contribution is 7.92. The number of anilines is 1. The molecule has 0 radical (unpaired) electrons. The zero-order valence-corrected chi connectivity index (χ0v) is 11.9. The van der Waals surface area contributed by atoms with Crippen molar-refractivity contribution in [3.8, 4) is 5.75 Å². The van der Waals surface area contributed by atoms with Gasteiger partial charge in [0.05, 0.1) is 24.0 Å². The Kier molecular flexibility index (Phi) is 3.68. The first-order chi connectivity index (χ1) is 8.92. The van der Waals surface area contributed by atoms with Crippen LogP contribution in [-0.2, 0) is 17.1 Å². The lowest BCUT2D eigenvalue weighted by atomic mass is 10.3. The summed E-state index contributed by atoms with van der Waals surface area (Å²) in [5.41, 5.74) is 0.366. The molecule has 1 N–H and O–H groups in total. The average Bonchev–Trinajstić information content (AvgIpc) is 2.79. The number of aryl methyl sites for hydroxylation is 1. The minimum Gasteiger partial charge on any atom is -0.495 e. The Morgan fingerprint density at radius 3 is 2.74 bits per heavy atom. The maximum absolute atomic E-state index is 12.1. The van der Waals surface area contributed by atoms with Gasteiger partial charge in [-0.2, -0.15) is 5.10 Å². The molecule has 102 valence electrons. The summed E-state index contributed by atoms with van der Waals surface area (Å²) in [7, 11) is -0.560. The summed E-state index contributed by atoms with van der Waals surface area (Å²) in [5, 5.41) is 4.23. The molecule has 2 rings (SSSR count). The molecule has 0 bridgehead atoms. The summed E-state index contributed by atoms with van der Waals surface area (Å²) in [6.45, 7) is 0. The van der Waals surface area contributed by atoms with E-state index in [9.17, 15) is 8.42 Å². The fourth-order valence-corrected chi connectivity index (χ4v) is 2.70. The van der Waals surface area contributed by atoms with Crippen LogP contribution >= 0.6 is 11.6 Å². The molecule has 0 atom stereocenters. The predicted octanol–water partition coefficient (Wildman–Crippen LogP) is 1.88. The second kappa shape index (κ2) is 5.10. The highest BCUT2D eigenvalue weighted by Gasteiger charge is 2.16. The molecule has 0 aliphatic carbocycles. The van der Waals surface area contributed by atoms with Crippen LogP contribution in [-0.4, -0.2) is 25.3 Å². The molecule has 0 fully saturated rings. The van der Waals surface area contributed by atoms with Gasteiger partial charge in [-0.25, -0.2) is 8.42 Å². The quantitative estimate of drug-likeness (QED) is 0.936. The molecule has 0 amide bonds. The van der Waals surface area contributed by atoms with E-state index in [-0.39, 0.29) is 4.90 Å². The summed E-state index contributed by atoms with van der Waals surface area (Å²) in [6, 6.07) is 4.62. The van der Waals surface area contributed by atoms with Crippen LogP contribution in [0.1, 0.15) is 0 Å². The van der Waals surface area contributed by atoms with Crippen molar-refractivity contribution >= 4 is 27.3 Å². The summed E-state index contributed by atoms with van der Waals surface area (Å²) >= 11 is 5.87. The van der Waals surface area contributed by atoms with Crippen LogP contribution in [0, 0.1) is 0 Å². The smallest absolute Gasteiger partial charge is 0.265 e. The van der Waals surface area contributed by atoms with E-state index >= 15 is 0 Å². The summed E-state index contributed by atoms with van der Waals surface area (Å²) in [4.78, 5) is 0.0870. The van der Waals surface area contributed by atoms with Gasteiger partial charge in [-0.05, 0) is 12.1 Å². The molecule has 1 aromatic carbocycles. The predicted molar refractivity (Wildman–Crippen MR) is 72.0 cm³/mol. The monoisotopic (exact) mass is 301 g/mol. The van der Waals surface area contributed by atoms with Gasteiger partial charge in [-0.15, -0.1) is 0 Å².